The van der Waals surface area contributed by atoms with Crippen LogP contribution in [0.15, 0.2) is 42.5 Å². The third-order valence-electron chi connectivity index (χ3n) is 4.70. The summed E-state index contributed by atoms with van der Waals surface area (Å²) in [7, 11) is 1.62. The van der Waals surface area contributed by atoms with E-state index in [0.717, 1.165) is 28.1 Å². The van der Waals surface area contributed by atoms with Gasteiger partial charge in [-0.05, 0) is 49.1 Å². The molecule has 7 nitrogen and oxygen atoms in total. The number of rotatable bonds is 7. The number of hydrogen-bond donors (Lipinski definition) is 4. The number of thioether (sulfide) groups is 1. The number of anilines is 1. The summed E-state index contributed by atoms with van der Waals surface area (Å²) in [4.78, 5) is 24.7. The summed E-state index contributed by atoms with van der Waals surface area (Å²) < 4.78 is 5.15. The zero-order valence-corrected chi connectivity index (χ0v) is 17.6. The van der Waals surface area contributed by atoms with Crippen LogP contribution in [-0.2, 0) is 16.0 Å². The number of para-hydroxylation sites is 1. The van der Waals surface area contributed by atoms with Gasteiger partial charge in [-0.15, -0.1) is 11.8 Å². The molecular formula is C21H26N4O3S. The lowest BCUT2D eigenvalue weighted by molar-refractivity contribution is -0.125. The van der Waals surface area contributed by atoms with E-state index in [1.54, 1.807) is 7.11 Å². The molecule has 1 saturated heterocycles. The number of carbonyl (C=O) groups excluding carboxylic acids is 2. The molecule has 2 amide bonds. The summed E-state index contributed by atoms with van der Waals surface area (Å²) in [6.07, 6.45) is 0.549. The molecule has 0 spiro atoms. The topological polar surface area (TPSA) is 91.5 Å². The summed E-state index contributed by atoms with van der Waals surface area (Å²) >= 11 is 1.32. The molecule has 1 fully saturated rings. The van der Waals surface area contributed by atoms with E-state index in [0.29, 0.717) is 6.42 Å². The zero-order valence-electron chi connectivity index (χ0n) is 16.7. The van der Waals surface area contributed by atoms with Crippen LogP contribution in [0.3, 0.4) is 0 Å². The summed E-state index contributed by atoms with van der Waals surface area (Å²) in [6, 6.07) is 13.1. The van der Waals surface area contributed by atoms with Crippen molar-refractivity contribution < 1.29 is 14.3 Å². The number of nitrogens with one attached hydrogen (secondary N) is 4. The molecule has 2 atom stereocenters. The predicted octanol–water partition coefficient (Wildman–Crippen LogP) is 2.10. The van der Waals surface area contributed by atoms with Crippen LogP contribution in [0.1, 0.15) is 16.7 Å². The second-order valence-corrected chi connectivity index (χ2v) is 8.00. The fraction of sp³-hybridized carbons (Fsp3) is 0.333. The standard InChI is InChI=1S/C21H26N4O3S/c1-13-5-4-6-14(2)19(13)22-18(26)12-29-21-23-20(27)17(24-25-21)11-15-7-9-16(28-3)10-8-15/h4-10,17,21,24-25H,11-12H2,1-3H3,(H,22,26)(H,23,27). The van der Waals surface area contributed by atoms with Crippen LogP contribution in [0.25, 0.3) is 0 Å². The predicted molar refractivity (Wildman–Crippen MR) is 116 cm³/mol. The summed E-state index contributed by atoms with van der Waals surface area (Å²) in [5, 5.41) is 5.85. The highest BCUT2D eigenvalue weighted by atomic mass is 32.2. The Bertz CT molecular complexity index is 852. The lowest BCUT2D eigenvalue weighted by Gasteiger charge is -2.31. The Morgan fingerprint density at radius 1 is 1.10 bits per heavy atom. The molecule has 0 bridgehead atoms. The Labute approximate surface area is 174 Å². The van der Waals surface area contributed by atoms with Crippen LogP contribution in [0.5, 0.6) is 5.75 Å². The van der Waals surface area contributed by atoms with Crippen molar-refractivity contribution >= 4 is 29.3 Å². The Kier molecular flexibility index (Phi) is 7.13. The van der Waals surface area contributed by atoms with Gasteiger partial charge in [0.2, 0.25) is 11.8 Å². The van der Waals surface area contributed by atoms with E-state index in [4.69, 9.17) is 4.74 Å². The number of ether oxygens (including phenoxy) is 1. The SMILES string of the molecule is COc1ccc(CC2NNC(SCC(=O)Nc3c(C)cccc3C)NC2=O)cc1. The van der Waals surface area contributed by atoms with Crippen molar-refractivity contribution in [1.29, 1.82) is 0 Å². The minimum absolute atomic E-state index is 0.104. The number of carbonyl (C=O) groups is 2. The fourth-order valence-corrected chi connectivity index (χ4v) is 3.82. The fourth-order valence-electron chi connectivity index (χ4n) is 3.08. The highest BCUT2D eigenvalue weighted by Crippen LogP contribution is 2.20. The van der Waals surface area contributed by atoms with Crippen molar-refractivity contribution in [2.75, 3.05) is 18.2 Å². The summed E-state index contributed by atoms with van der Waals surface area (Å²) in [5.41, 5.74) is 9.64. The van der Waals surface area contributed by atoms with Gasteiger partial charge < -0.3 is 15.4 Å². The first kappa shape index (κ1) is 21.2. The van der Waals surface area contributed by atoms with Crippen LogP contribution >= 0.6 is 11.8 Å². The van der Waals surface area contributed by atoms with Crippen molar-refractivity contribution in [3.05, 3.63) is 59.2 Å². The number of amides is 2. The Morgan fingerprint density at radius 2 is 1.79 bits per heavy atom. The molecule has 154 valence electrons. The number of hydrazine groups is 1. The van der Waals surface area contributed by atoms with Crippen molar-refractivity contribution in [2.45, 2.75) is 31.8 Å². The first-order valence-corrected chi connectivity index (χ1v) is 10.4. The largest absolute Gasteiger partial charge is 0.497 e. The molecular weight excluding hydrogens is 388 g/mol. The third-order valence-corrected chi connectivity index (χ3v) is 5.70. The van der Waals surface area contributed by atoms with E-state index in [-0.39, 0.29) is 29.1 Å². The number of hydrogen-bond acceptors (Lipinski definition) is 6. The number of benzene rings is 2. The van der Waals surface area contributed by atoms with Gasteiger partial charge in [0.15, 0.2) is 0 Å². The number of aryl methyl sites for hydroxylation is 2. The molecule has 2 aromatic carbocycles. The average molecular weight is 415 g/mol. The van der Waals surface area contributed by atoms with Crippen LogP contribution in [0.4, 0.5) is 5.69 Å². The van der Waals surface area contributed by atoms with Gasteiger partial charge in [-0.2, -0.15) is 0 Å². The van der Waals surface area contributed by atoms with Gasteiger partial charge in [-0.1, -0.05) is 30.3 Å². The summed E-state index contributed by atoms with van der Waals surface area (Å²) in [6.45, 7) is 3.93. The van der Waals surface area contributed by atoms with Crippen molar-refractivity contribution in [3.63, 3.8) is 0 Å². The third kappa shape index (κ3) is 5.72. The van der Waals surface area contributed by atoms with E-state index in [1.165, 1.54) is 11.8 Å². The van der Waals surface area contributed by atoms with Crippen molar-refractivity contribution in [3.8, 4) is 5.75 Å². The maximum atomic E-state index is 12.4. The molecule has 3 rings (SSSR count). The Balaban J connectivity index is 1.45. The first-order chi connectivity index (χ1) is 14.0. The minimum atomic E-state index is -0.385. The van der Waals surface area contributed by atoms with E-state index in [9.17, 15) is 9.59 Å². The Morgan fingerprint density at radius 3 is 2.41 bits per heavy atom. The van der Waals surface area contributed by atoms with Gasteiger partial charge in [0.05, 0.1) is 12.9 Å². The Hall–Kier alpha value is -2.55. The van der Waals surface area contributed by atoms with Crippen LogP contribution in [0.2, 0.25) is 0 Å². The van der Waals surface area contributed by atoms with Gasteiger partial charge >= 0.3 is 0 Å². The smallest absolute Gasteiger partial charge is 0.240 e. The lowest BCUT2D eigenvalue weighted by atomic mass is 10.1. The molecule has 0 aliphatic carbocycles. The van der Waals surface area contributed by atoms with E-state index < -0.39 is 0 Å². The zero-order chi connectivity index (χ0) is 20.8. The second kappa shape index (κ2) is 9.78. The van der Waals surface area contributed by atoms with E-state index in [1.807, 2.05) is 56.3 Å². The molecule has 0 saturated carbocycles. The lowest BCUT2D eigenvalue weighted by Crippen LogP contribution is -2.64. The van der Waals surface area contributed by atoms with E-state index >= 15 is 0 Å². The minimum Gasteiger partial charge on any atom is -0.497 e. The maximum Gasteiger partial charge on any atom is 0.240 e. The highest BCUT2D eigenvalue weighted by Gasteiger charge is 2.27. The molecule has 1 aliphatic rings. The molecule has 2 unspecified atom stereocenters. The molecule has 4 N–H and O–H groups in total. The molecule has 29 heavy (non-hydrogen) atoms. The maximum absolute atomic E-state index is 12.4. The average Bonchev–Trinajstić information content (AvgIpc) is 2.71. The van der Waals surface area contributed by atoms with Gasteiger partial charge in [0.1, 0.15) is 17.3 Å². The first-order valence-electron chi connectivity index (χ1n) is 9.38. The molecule has 0 aromatic heterocycles. The van der Waals surface area contributed by atoms with Gasteiger partial charge in [-0.3, -0.25) is 9.59 Å². The molecule has 2 aromatic rings. The monoisotopic (exact) mass is 414 g/mol. The molecule has 8 heteroatoms. The van der Waals surface area contributed by atoms with Crippen LogP contribution < -0.4 is 26.2 Å². The van der Waals surface area contributed by atoms with Crippen molar-refractivity contribution in [1.82, 2.24) is 16.2 Å². The van der Waals surface area contributed by atoms with E-state index in [2.05, 4.69) is 21.5 Å². The van der Waals surface area contributed by atoms with Crippen LogP contribution in [0, 0.1) is 13.8 Å². The second-order valence-electron chi connectivity index (χ2n) is 6.91. The van der Waals surface area contributed by atoms with Gasteiger partial charge in [0, 0.05) is 5.69 Å². The van der Waals surface area contributed by atoms with Crippen LogP contribution in [-0.4, -0.2) is 36.2 Å². The highest BCUT2D eigenvalue weighted by molar-refractivity contribution is 8.00. The molecule has 0 radical (unpaired) electrons. The number of methoxy groups -OCH3 is 1. The molecule has 1 heterocycles. The van der Waals surface area contributed by atoms with Gasteiger partial charge in [-0.25, -0.2) is 10.9 Å². The van der Waals surface area contributed by atoms with Gasteiger partial charge in [0.25, 0.3) is 0 Å². The molecule has 1 aliphatic heterocycles. The normalized spacial score (nSPS) is 18.8. The van der Waals surface area contributed by atoms with Crippen molar-refractivity contribution in [2.24, 2.45) is 0 Å². The quantitative estimate of drug-likeness (QED) is 0.555. The summed E-state index contributed by atoms with van der Waals surface area (Å²) in [5.74, 6) is 0.788.